The molecule has 5 aromatic rings. The number of hydrogen-bond acceptors (Lipinski definition) is 2. The van der Waals surface area contributed by atoms with Gasteiger partial charge in [-0.05, 0) is 54.1 Å². The third-order valence-electron chi connectivity index (χ3n) is 6.07. The topological polar surface area (TPSA) is 22.1 Å². The lowest BCUT2D eigenvalue weighted by Crippen LogP contribution is -3.00. The van der Waals surface area contributed by atoms with E-state index in [0.717, 1.165) is 17.3 Å². The second-order valence-electron chi connectivity index (χ2n) is 8.22. The summed E-state index contributed by atoms with van der Waals surface area (Å²) in [5, 5.41) is 4.06. The lowest BCUT2D eigenvalue weighted by atomic mass is 10.2. The molecular formula is C31H27ClNOP. The fourth-order valence-electron chi connectivity index (χ4n) is 4.42. The van der Waals surface area contributed by atoms with E-state index >= 15 is 0 Å². The van der Waals surface area contributed by atoms with E-state index in [4.69, 9.17) is 4.74 Å². The summed E-state index contributed by atoms with van der Waals surface area (Å²) in [5.41, 5.74) is 2.26. The molecule has 0 radical (unpaired) electrons. The number of hydrogen-bond donors (Lipinski definition) is 0. The summed E-state index contributed by atoms with van der Waals surface area (Å²) in [6, 6.07) is 47.2. The molecule has 4 aromatic carbocycles. The quantitative estimate of drug-likeness (QED) is 0.309. The molecule has 0 fully saturated rings. The van der Waals surface area contributed by atoms with Gasteiger partial charge in [0.15, 0.2) is 0 Å². The first-order chi connectivity index (χ1) is 16.9. The molecule has 174 valence electrons. The molecule has 35 heavy (non-hydrogen) atoms. The van der Waals surface area contributed by atoms with Gasteiger partial charge >= 0.3 is 0 Å². The predicted molar refractivity (Wildman–Crippen MR) is 144 cm³/mol. The van der Waals surface area contributed by atoms with Crippen molar-refractivity contribution in [3.05, 3.63) is 151 Å². The van der Waals surface area contributed by atoms with Gasteiger partial charge < -0.3 is 17.1 Å². The number of rotatable bonds is 8. The van der Waals surface area contributed by atoms with Crippen LogP contribution in [0.1, 0.15) is 11.1 Å². The van der Waals surface area contributed by atoms with Gasteiger partial charge in [-0.3, -0.25) is 0 Å². The van der Waals surface area contributed by atoms with Crippen molar-refractivity contribution in [1.82, 2.24) is 4.98 Å². The number of nitrogens with zero attached hydrogens (tertiary/aromatic N) is 1. The molecule has 0 N–H and O–H groups in total. The van der Waals surface area contributed by atoms with E-state index in [0.29, 0.717) is 12.5 Å². The van der Waals surface area contributed by atoms with Crippen LogP contribution in [-0.2, 0) is 12.8 Å². The van der Waals surface area contributed by atoms with Crippen LogP contribution in [-0.4, -0.2) is 4.98 Å². The molecule has 0 unspecified atom stereocenters. The fraction of sp³-hybridized carbons (Fsp3) is 0.0645. The first-order valence-electron chi connectivity index (χ1n) is 11.5. The summed E-state index contributed by atoms with van der Waals surface area (Å²) in [4.78, 5) is 4.65. The Labute approximate surface area is 214 Å². The summed E-state index contributed by atoms with van der Waals surface area (Å²) in [5.74, 6) is 0.707. The van der Waals surface area contributed by atoms with E-state index in [1.807, 2.05) is 30.5 Å². The van der Waals surface area contributed by atoms with Crippen molar-refractivity contribution in [3.63, 3.8) is 0 Å². The van der Waals surface area contributed by atoms with Gasteiger partial charge in [-0.25, -0.2) is 4.98 Å². The van der Waals surface area contributed by atoms with E-state index in [-0.39, 0.29) is 12.4 Å². The van der Waals surface area contributed by atoms with E-state index in [9.17, 15) is 0 Å². The number of pyridine rings is 1. The van der Waals surface area contributed by atoms with Gasteiger partial charge in [0.05, 0.1) is 5.56 Å². The smallest absolute Gasteiger partial charge is 0.220 e. The molecule has 4 heteroatoms. The minimum absolute atomic E-state index is 0. The molecule has 0 atom stereocenters. The Morgan fingerprint density at radius 1 is 0.543 bits per heavy atom. The monoisotopic (exact) mass is 495 g/mol. The van der Waals surface area contributed by atoms with Crippen LogP contribution >= 0.6 is 7.26 Å². The van der Waals surface area contributed by atoms with Crippen molar-refractivity contribution in [2.24, 2.45) is 0 Å². The molecule has 0 amide bonds. The maximum atomic E-state index is 6.28. The second kappa shape index (κ2) is 11.8. The van der Waals surface area contributed by atoms with Gasteiger partial charge in [-0.1, -0.05) is 84.9 Å². The molecule has 0 aliphatic rings. The van der Waals surface area contributed by atoms with E-state index < -0.39 is 7.26 Å². The Bertz CT molecular complexity index is 1220. The van der Waals surface area contributed by atoms with Crippen molar-refractivity contribution in [2.75, 3.05) is 0 Å². The standard InChI is InChI=1S/C31H27NOP.ClH/c1-5-14-26(15-6-1)24-33-31-27(16-13-23-32-31)25-34(28-17-7-2-8-18-28,29-19-9-3-10-20-29)30-21-11-4-12-22-30;/h1-23H,24-25H2;1H/q+1;/p-1. The Morgan fingerprint density at radius 2 is 1.00 bits per heavy atom. The van der Waals surface area contributed by atoms with Crippen molar-refractivity contribution in [3.8, 4) is 5.88 Å². The highest BCUT2D eigenvalue weighted by Gasteiger charge is 2.46. The van der Waals surface area contributed by atoms with Crippen LogP contribution < -0.4 is 33.1 Å². The molecule has 0 saturated heterocycles. The molecule has 2 nitrogen and oxygen atoms in total. The molecule has 0 bridgehead atoms. The van der Waals surface area contributed by atoms with Gasteiger partial charge in [0, 0.05) is 6.20 Å². The molecule has 0 spiro atoms. The van der Waals surface area contributed by atoms with Gasteiger partial charge in [-0.15, -0.1) is 0 Å². The predicted octanol–water partition coefficient (Wildman–Crippen LogP) is 3.16. The van der Waals surface area contributed by atoms with Crippen molar-refractivity contribution >= 4 is 23.2 Å². The van der Waals surface area contributed by atoms with Gasteiger partial charge in [0.1, 0.15) is 35.9 Å². The zero-order valence-electron chi connectivity index (χ0n) is 19.4. The third-order valence-corrected chi connectivity index (χ3v) is 10.4. The minimum atomic E-state index is -2.02. The zero-order valence-corrected chi connectivity index (χ0v) is 21.0. The fourth-order valence-corrected chi connectivity index (χ4v) is 8.66. The third kappa shape index (κ3) is 5.46. The maximum Gasteiger partial charge on any atom is 0.220 e. The molecule has 5 rings (SSSR count). The maximum absolute atomic E-state index is 6.28. The first-order valence-corrected chi connectivity index (χ1v) is 13.5. The van der Waals surface area contributed by atoms with Crippen LogP contribution in [0.4, 0.5) is 0 Å². The molecule has 1 aromatic heterocycles. The van der Waals surface area contributed by atoms with Crippen LogP contribution in [0.25, 0.3) is 0 Å². The molecular weight excluding hydrogens is 469 g/mol. The van der Waals surface area contributed by atoms with Crippen LogP contribution in [0.2, 0.25) is 0 Å². The normalized spacial score (nSPS) is 10.9. The lowest BCUT2D eigenvalue weighted by Gasteiger charge is -2.28. The van der Waals surface area contributed by atoms with Crippen molar-refractivity contribution in [1.29, 1.82) is 0 Å². The van der Waals surface area contributed by atoms with Crippen molar-refractivity contribution < 1.29 is 17.1 Å². The molecule has 1 heterocycles. The SMILES string of the molecule is [Cl-].c1ccc(COc2ncccc2C[P+](c2ccccc2)(c2ccccc2)c2ccccc2)cc1. The van der Waals surface area contributed by atoms with Crippen LogP contribution in [0.15, 0.2) is 140 Å². The highest BCUT2D eigenvalue weighted by atomic mass is 35.5. The minimum Gasteiger partial charge on any atom is -1.00 e. The molecule has 0 aliphatic carbocycles. The summed E-state index contributed by atoms with van der Waals surface area (Å²) in [6.07, 6.45) is 2.65. The van der Waals surface area contributed by atoms with Gasteiger partial charge in [0.2, 0.25) is 5.88 Å². The zero-order chi connectivity index (χ0) is 23.1. The van der Waals surface area contributed by atoms with Gasteiger partial charge in [-0.2, -0.15) is 0 Å². The highest BCUT2D eigenvalue weighted by molar-refractivity contribution is 7.95. The average Bonchev–Trinajstić information content (AvgIpc) is 2.93. The largest absolute Gasteiger partial charge is 1.00 e. The number of ether oxygens (including phenoxy) is 1. The number of halogens is 1. The second-order valence-corrected chi connectivity index (χ2v) is 11.7. The Balaban J connectivity index is 0.00000289. The summed E-state index contributed by atoms with van der Waals surface area (Å²) in [6.45, 7) is 0.498. The number of aromatic nitrogens is 1. The van der Waals surface area contributed by atoms with Crippen molar-refractivity contribution in [2.45, 2.75) is 12.8 Å². The van der Waals surface area contributed by atoms with E-state index in [1.54, 1.807) is 0 Å². The lowest BCUT2D eigenvalue weighted by molar-refractivity contribution is -0.00000706. The number of benzene rings is 4. The average molecular weight is 496 g/mol. The Kier molecular flexibility index (Phi) is 8.32. The molecule has 0 aliphatic heterocycles. The van der Waals surface area contributed by atoms with Crippen LogP contribution in [0.5, 0.6) is 5.88 Å². The Hall–Kier alpha value is -3.45. The van der Waals surface area contributed by atoms with Crippen LogP contribution in [0.3, 0.4) is 0 Å². The van der Waals surface area contributed by atoms with Gasteiger partial charge in [0.25, 0.3) is 0 Å². The summed E-state index contributed by atoms with van der Waals surface area (Å²) >= 11 is 0. The summed E-state index contributed by atoms with van der Waals surface area (Å²) < 4.78 is 6.28. The summed E-state index contributed by atoms with van der Waals surface area (Å²) in [7, 11) is -2.02. The Morgan fingerprint density at radius 3 is 1.49 bits per heavy atom. The van der Waals surface area contributed by atoms with E-state index in [2.05, 4.69) is 114 Å². The van der Waals surface area contributed by atoms with E-state index in [1.165, 1.54) is 15.9 Å². The first kappa shape index (κ1) is 24.7. The highest BCUT2D eigenvalue weighted by Crippen LogP contribution is 2.58. The molecule has 0 saturated carbocycles. The van der Waals surface area contributed by atoms with Crippen LogP contribution in [0, 0.1) is 0 Å².